The minimum atomic E-state index is 0.0606. The number of carbonyl (C=O) groups is 1. The molecule has 3 aromatic rings. The monoisotopic (exact) mass is 363 g/mol. The summed E-state index contributed by atoms with van der Waals surface area (Å²) in [5.74, 6) is 0.875. The van der Waals surface area contributed by atoms with E-state index in [4.69, 9.17) is 4.74 Å². The summed E-state index contributed by atoms with van der Waals surface area (Å²) in [7, 11) is 1.81. The highest BCUT2D eigenvalue weighted by molar-refractivity contribution is 5.79. The Labute approximate surface area is 160 Å². The van der Waals surface area contributed by atoms with Crippen LogP contribution in [0.5, 0.6) is 5.75 Å². The Bertz CT molecular complexity index is 889. The Hall–Kier alpha value is -3.08. The molecule has 0 atom stereocenters. The topological polar surface area (TPSA) is 47.4 Å². The number of aromatic nitrogens is 2. The molecule has 5 nitrogen and oxygen atoms in total. The Balaban J connectivity index is 1.61. The molecule has 3 rings (SSSR count). The number of benzene rings is 2. The average Bonchev–Trinajstić information content (AvgIpc) is 2.97. The fraction of sp³-hybridized carbons (Fsp3) is 0.273. The van der Waals surface area contributed by atoms with Crippen LogP contribution in [0.2, 0.25) is 0 Å². The maximum Gasteiger partial charge on any atom is 0.226 e. The number of carbonyl (C=O) groups excluding carboxylic acids is 1. The molecule has 0 N–H and O–H groups in total. The lowest BCUT2D eigenvalue weighted by Gasteiger charge is -2.17. The van der Waals surface area contributed by atoms with Crippen molar-refractivity contribution in [3.8, 4) is 11.4 Å². The second kappa shape index (κ2) is 8.54. The summed E-state index contributed by atoms with van der Waals surface area (Å²) in [5.41, 5.74) is 3.88. The summed E-state index contributed by atoms with van der Waals surface area (Å²) in [6.45, 7) is 4.97. The first-order chi connectivity index (χ1) is 13.1. The van der Waals surface area contributed by atoms with E-state index in [0.29, 0.717) is 19.6 Å². The van der Waals surface area contributed by atoms with E-state index in [9.17, 15) is 4.79 Å². The quantitative estimate of drug-likeness (QED) is 0.645. The van der Waals surface area contributed by atoms with Crippen molar-refractivity contribution in [2.24, 2.45) is 0 Å². The van der Waals surface area contributed by atoms with Gasteiger partial charge in [0.15, 0.2) is 0 Å². The highest BCUT2D eigenvalue weighted by atomic mass is 16.5. The number of rotatable bonds is 7. The van der Waals surface area contributed by atoms with Crippen LogP contribution in [0, 0.1) is 13.8 Å². The Kier molecular flexibility index (Phi) is 5.91. The van der Waals surface area contributed by atoms with E-state index in [-0.39, 0.29) is 5.91 Å². The molecule has 0 unspecified atom stereocenters. The van der Waals surface area contributed by atoms with Crippen LogP contribution in [-0.4, -0.2) is 40.8 Å². The van der Waals surface area contributed by atoms with Crippen LogP contribution < -0.4 is 4.74 Å². The van der Waals surface area contributed by atoms with Crippen LogP contribution in [0.3, 0.4) is 0 Å². The van der Waals surface area contributed by atoms with E-state index in [1.807, 2.05) is 86.2 Å². The first kappa shape index (κ1) is 18.7. The second-order valence-electron chi connectivity index (χ2n) is 6.55. The van der Waals surface area contributed by atoms with E-state index in [1.54, 1.807) is 4.90 Å². The van der Waals surface area contributed by atoms with Gasteiger partial charge in [-0.05, 0) is 38.1 Å². The van der Waals surface area contributed by atoms with Crippen LogP contribution in [0.25, 0.3) is 5.69 Å². The lowest BCUT2D eigenvalue weighted by Crippen LogP contribution is -2.32. The zero-order chi connectivity index (χ0) is 19.2. The number of amides is 1. The molecular formula is C22H25N3O2. The normalized spacial score (nSPS) is 10.6. The molecule has 0 spiro atoms. The molecule has 140 valence electrons. The molecule has 2 aromatic carbocycles. The maximum atomic E-state index is 12.6. The van der Waals surface area contributed by atoms with Crippen molar-refractivity contribution in [3.63, 3.8) is 0 Å². The van der Waals surface area contributed by atoms with Crippen LogP contribution in [0.1, 0.15) is 17.0 Å². The van der Waals surface area contributed by atoms with E-state index in [1.165, 1.54) is 0 Å². The van der Waals surface area contributed by atoms with Crippen molar-refractivity contribution in [3.05, 3.63) is 77.6 Å². The summed E-state index contributed by atoms with van der Waals surface area (Å²) in [6, 6.07) is 19.6. The summed E-state index contributed by atoms with van der Waals surface area (Å²) < 4.78 is 7.58. The van der Waals surface area contributed by atoms with E-state index >= 15 is 0 Å². The van der Waals surface area contributed by atoms with Crippen LogP contribution in [-0.2, 0) is 11.2 Å². The molecule has 0 aliphatic rings. The van der Waals surface area contributed by atoms with Gasteiger partial charge in [-0.3, -0.25) is 4.79 Å². The van der Waals surface area contributed by atoms with Crippen molar-refractivity contribution in [2.75, 3.05) is 20.2 Å². The molecule has 0 radical (unpaired) electrons. The number of para-hydroxylation sites is 2. The summed E-state index contributed by atoms with van der Waals surface area (Å²) in [6.07, 6.45) is 0.340. The van der Waals surface area contributed by atoms with Gasteiger partial charge in [-0.25, -0.2) is 4.68 Å². The Morgan fingerprint density at radius 3 is 2.33 bits per heavy atom. The predicted octanol–water partition coefficient (Wildman–Crippen LogP) is 3.57. The van der Waals surface area contributed by atoms with Gasteiger partial charge in [-0.2, -0.15) is 5.10 Å². The standard InChI is InChI=1S/C22H25N3O2/c1-17-21(18(2)25(23-17)19-10-6-4-7-11-19)16-22(26)24(3)14-15-27-20-12-8-5-9-13-20/h4-13H,14-16H2,1-3H3. The van der Waals surface area contributed by atoms with E-state index < -0.39 is 0 Å². The minimum Gasteiger partial charge on any atom is -0.492 e. The lowest BCUT2D eigenvalue weighted by atomic mass is 10.1. The largest absolute Gasteiger partial charge is 0.492 e. The van der Waals surface area contributed by atoms with Gasteiger partial charge < -0.3 is 9.64 Å². The molecule has 0 fully saturated rings. The molecule has 0 aliphatic carbocycles. The number of aryl methyl sites for hydroxylation is 1. The number of hydrogen-bond donors (Lipinski definition) is 0. The Morgan fingerprint density at radius 1 is 1.04 bits per heavy atom. The molecule has 0 aliphatic heterocycles. The third-order valence-electron chi connectivity index (χ3n) is 4.63. The van der Waals surface area contributed by atoms with E-state index in [2.05, 4.69) is 5.10 Å². The van der Waals surface area contributed by atoms with Gasteiger partial charge in [0.05, 0.1) is 24.3 Å². The van der Waals surface area contributed by atoms with Gasteiger partial charge in [0, 0.05) is 18.3 Å². The average molecular weight is 363 g/mol. The van der Waals surface area contributed by atoms with Crippen molar-refractivity contribution >= 4 is 5.91 Å². The molecule has 1 aromatic heterocycles. The number of nitrogens with zero attached hydrogens (tertiary/aromatic N) is 3. The predicted molar refractivity (Wildman–Crippen MR) is 106 cm³/mol. The van der Waals surface area contributed by atoms with Crippen LogP contribution in [0.15, 0.2) is 60.7 Å². The summed E-state index contributed by atoms with van der Waals surface area (Å²) >= 11 is 0. The van der Waals surface area contributed by atoms with Gasteiger partial charge >= 0.3 is 0 Å². The number of likely N-dealkylation sites (N-methyl/N-ethyl adjacent to an activating group) is 1. The first-order valence-corrected chi connectivity index (χ1v) is 9.08. The van der Waals surface area contributed by atoms with Gasteiger partial charge in [0.25, 0.3) is 0 Å². The number of ether oxygens (including phenoxy) is 1. The first-order valence-electron chi connectivity index (χ1n) is 9.08. The third kappa shape index (κ3) is 4.56. The third-order valence-corrected chi connectivity index (χ3v) is 4.63. The van der Waals surface area contributed by atoms with E-state index in [0.717, 1.165) is 28.4 Å². The molecule has 0 bridgehead atoms. The molecule has 0 saturated carbocycles. The van der Waals surface area contributed by atoms with Crippen LogP contribution in [0.4, 0.5) is 0 Å². The molecular weight excluding hydrogens is 338 g/mol. The molecule has 27 heavy (non-hydrogen) atoms. The van der Waals surface area contributed by atoms with Gasteiger partial charge in [0.1, 0.15) is 12.4 Å². The van der Waals surface area contributed by atoms with Crippen LogP contribution >= 0.6 is 0 Å². The van der Waals surface area contributed by atoms with Gasteiger partial charge in [-0.1, -0.05) is 36.4 Å². The SMILES string of the molecule is Cc1nn(-c2ccccc2)c(C)c1CC(=O)N(C)CCOc1ccccc1. The smallest absolute Gasteiger partial charge is 0.226 e. The van der Waals surface area contributed by atoms with Crippen molar-refractivity contribution in [1.82, 2.24) is 14.7 Å². The van der Waals surface area contributed by atoms with Gasteiger partial charge in [0.2, 0.25) is 5.91 Å². The van der Waals surface area contributed by atoms with Crippen molar-refractivity contribution in [2.45, 2.75) is 20.3 Å². The Morgan fingerprint density at radius 2 is 1.67 bits per heavy atom. The fourth-order valence-corrected chi connectivity index (χ4v) is 2.98. The van der Waals surface area contributed by atoms with Gasteiger partial charge in [-0.15, -0.1) is 0 Å². The fourth-order valence-electron chi connectivity index (χ4n) is 2.98. The number of hydrogen-bond acceptors (Lipinski definition) is 3. The highest BCUT2D eigenvalue weighted by Crippen LogP contribution is 2.19. The lowest BCUT2D eigenvalue weighted by molar-refractivity contribution is -0.129. The van der Waals surface area contributed by atoms with Crippen molar-refractivity contribution in [1.29, 1.82) is 0 Å². The molecule has 1 amide bonds. The summed E-state index contributed by atoms with van der Waals surface area (Å²) in [5, 5.41) is 4.62. The molecule has 5 heteroatoms. The summed E-state index contributed by atoms with van der Waals surface area (Å²) in [4.78, 5) is 14.3. The minimum absolute atomic E-state index is 0.0606. The highest BCUT2D eigenvalue weighted by Gasteiger charge is 2.18. The van der Waals surface area contributed by atoms with Crippen molar-refractivity contribution < 1.29 is 9.53 Å². The zero-order valence-electron chi connectivity index (χ0n) is 16.1. The maximum absolute atomic E-state index is 12.6. The molecule has 0 saturated heterocycles. The zero-order valence-corrected chi connectivity index (χ0v) is 16.1. The molecule has 1 heterocycles. The second-order valence-corrected chi connectivity index (χ2v) is 6.55.